The van der Waals surface area contributed by atoms with E-state index >= 15 is 0 Å². The number of nitrogens with one attached hydrogen (secondary N) is 2. The van der Waals surface area contributed by atoms with Crippen molar-refractivity contribution in [3.8, 4) is 11.5 Å². The number of hydrogen-bond acceptors (Lipinski definition) is 4. The predicted molar refractivity (Wildman–Crippen MR) is 124 cm³/mol. The lowest BCUT2D eigenvalue weighted by Crippen LogP contribution is -2.48. The van der Waals surface area contributed by atoms with Gasteiger partial charge in [0.1, 0.15) is 11.5 Å². The largest absolute Gasteiger partial charge is 0.483 e. The summed E-state index contributed by atoms with van der Waals surface area (Å²) in [6.07, 6.45) is -0.845. The zero-order valence-electron chi connectivity index (χ0n) is 17.0. The van der Waals surface area contributed by atoms with E-state index in [2.05, 4.69) is 63.5 Å². The highest BCUT2D eigenvalue weighted by Crippen LogP contribution is 2.31. The van der Waals surface area contributed by atoms with E-state index in [9.17, 15) is 9.59 Å². The van der Waals surface area contributed by atoms with Gasteiger partial charge in [0.2, 0.25) is 0 Å². The highest BCUT2D eigenvalue weighted by Gasteiger charge is 2.18. The van der Waals surface area contributed by atoms with Crippen LogP contribution in [0.2, 0.25) is 5.02 Å². The van der Waals surface area contributed by atoms with Crippen molar-refractivity contribution in [3.63, 3.8) is 0 Å². The lowest BCUT2D eigenvalue weighted by Gasteiger charge is -2.20. The quantitative estimate of drug-likeness (QED) is 0.477. The third-order valence-corrected chi connectivity index (χ3v) is 5.52. The summed E-state index contributed by atoms with van der Waals surface area (Å²) >= 11 is 12.7. The third kappa shape index (κ3) is 7.18. The van der Waals surface area contributed by atoms with Gasteiger partial charge in [-0.1, -0.05) is 38.4 Å². The monoisotopic (exact) mass is 560 g/mol. The van der Waals surface area contributed by atoms with Gasteiger partial charge in [0.25, 0.3) is 11.8 Å². The fourth-order valence-electron chi connectivity index (χ4n) is 2.31. The third-order valence-electron chi connectivity index (χ3n) is 4.05. The first-order valence-electron chi connectivity index (χ1n) is 9.10. The molecule has 2 aromatic carbocycles. The molecule has 2 N–H and O–H groups in total. The Morgan fingerprint density at radius 2 is 1.67 bits per heavy atom. The highest BCUT2D eigenvalue weighted by atomic mass is 79.9. The summed E-state index contributed by atoms with van der Waals surface area (Å²) in [5.74, 6) is -0.0232. The van der Waals surface area contributed by atoms with Crippen molar-refractivity contribution in [1.29, 1.82) is 0 Å². The minimum atomic E-state index is -0.845. The zero-order chi connectivity index (χ0) is 22.5. The number of carbonyl (C=O) groups excluding carboxylic acids is 2. The summed E-state index contributed by atoms with van der Waals surface area (Å²) < 4.78 is 12.5. The average Bonchev–Trinajstić information content (AvgIpc) is 2.66. The van der Waals surface area contributed by atoms with E-state index in [1.807, 2.05) is 12.1 Å². The van der Waals surface area contributed by atoms with Crippen molar-refractivity contribution in [2.75, 3.05) is 6.61 Å². The summed E-state index contributed by atoms with van der Waals surface area (Å²) in [7, 11) is 0. The topological polar surface area (TPSA) is 76.7 Å². The second-order valence-electron chi connectivity index (χ2n) is 7.56. The number of carbonyl (C=O) groups is 2. The molecule has 0 aliphatic rings. The Balaban J connectivity index is 1.82. The summed E-state index contributed by atoms with van der Waals surface area (Å²) in [6, 6.07) is 10.7. The Bertz CT molecular complexity index is 932. The van der Waals surface area contributed by atoms with Gasteiger partial charge < -0.3 is 9.47 Å². The van der Waals surface area contributed by atoms with E-state index < -0.39 is 17.9 Å². The maximum atomic E-state index is 12.1. The molecule has 1 atom stereocenters. The first kappa shape index (κ1) is 24.5. The molecule has 9 heteroatoms. The second-order valence-corrected chi connectivity index (χ2v) is 9.70. The Hall–Kier alpha value is -1.77. The van der Waals surface area contributed by atoms with Crippen molar-refractivity contribution >= 4 is 55.3 Å². The van der Waals surface area contributed by atoms with Crippen LogP contribution in [0.1, 0.15) is 33.3 Å². The predicted octanol–water partition coefficient (Wildman–Crippen LogP) is 5.16. The molecule has 0 aromatic heterocycles. The lowest BCUT2D eigenvalue weighted by atomic mass is 9.87. The highest BCUT2D eigenvalue weighted by molar-refractivity contribution is 9.10. The van der Waals surface area contributed by atoms with Crippen LogP contribution in [-0.2, 0) is 15.0 Å². The van der Waals surface area contributed by atoms with Crippen LogP contribution < -0.4 is 20.3 Å². The van der Waals surface area contributed by atoms with Crippen molar-refractivity contribution in [1.82, 2.24) is 10.9 Å². The molecular formula is C21H23Br2ClN2O4. The molecule has 0 aliphatic heterocycles. The van der Waals surface area contributed by atoms with Crippen molar-refractivity contribution < 1.29 is 19.1 Å². The number of halogens is 3. The number of hydrazine groups is 1. The summed E-state index contributed by atoms with van der Waals surface area (Å²) in [5, 5.41) is 0.540. The van der Waals surface area contributed by atoms with Crippen LogP contribution in [0.15, 0.2) is 45.3 Å². The standard InChI is InChI=1S/C21H23Br2ClN2O4/c1-12(30-18-8-6-14(24)10-16(18)23)20(28)26-25-19(27)11-29-17-7-5-13(9-15(17)22)21(2,3)4/h5-10,12H,11H2,1-4H3,(H,25,27)(H,26,28). The van der Waals surface area contributed by atoms with Crippen LogP contribution in [0.5, 0.6) is 11.5 Å². The van der Waals surface area contributed by atoms with E-state index in [0.717, 1.165) is 10.0 Å². The molecular weight excluding hydrogens is 540 g/mol. The van der Waals surface area contributed by atoms with Crippen molar-refractivity contribution in [2.24, 2.45) is 0 Å². The zero-order valence-corrected chi connectivity index (χ0v) is 20.9. The molecule has 0 saturated carbocycles. The fourth-order valence-corrected chi connectivity index (χ4v) is 3.58. The van der Waals surface area contributed by atoms with Crippen LogP contribution in [-0.4, -0.2) is 24.5 Å². The number of ether oxygens (including phenoxy) is 2. The Kier molecular flexibility index (Phi) is 8.58. The molecule has 2 rings (SSSR count). The summed E-state index contributed by atoms with van der Waals surface area (Å²) in [5.41, 5.74) is 5.76. The van der Waals surface area contributed by atoms with Gasteiger partial charge in [0, 0.05) is 5.02 Å². The minimum absolute atomic E-state index is 0.00304. The Morgan fingerprint density at radius 3 is 2.27 bits per heavy atom. The number of benzene rings is 2. The molecule has 162 valence electrons. The number of hydrogen-bond donors (Lipinski definition) is 2. The molecule has 6 nitrogen and oxygen atoms in total. The Morgan fingerprint density at radius 1 is 1.03 bits per heavy atom. The minimum Gasteiger partial charge on any atom is -0.483 e. The molecule has 0 heterocycles. The van der Waals surface area contributed by atoms with Crippen LogP contribution in [0, 0.1) is 0 Å². The fraction of sp³-hybridized carbons (Fsp3) is 0.333. The van der Waals surface area contributed by atoms with Gasteiger partial charge in [0.15, 0.2) is 12.7 Å². The van der Waals surface area contributed by atoms with Gasteiger partial charge in [-0.05, 0) is 80.1 Å². The van der Waals surface area contributed by atoms with Crippen LogP contribution in [0.3, 0.4) is 0 Å². The molecule has 1 unspecified atom stereocenters. The van der Waals surface area contributed by atoms with E-state index in [0.29, 0.717) is 21.0 Å². The van der Waals surface area contributed by atoms with Gasteiger partial charge in [0.05, 0.1) is 8.95 Å². The normalized spacial score (nSPS) is 12.1. The van der Waals surface area contributed by atoms with Gasteiger partial charge in [-0.2, -0.15) is 0 Å². The van der Waals surface area contributed by atoms with Gasteiger partial charge in [-0.15, -0.1) is 0 Å². The summed E-state index contributed by atoms with van der Waals surface area (Å²) in [6.45, 7) is 7.64. The summed E-state index contributed by atoms with van der Waals surface area (Å²) in [4.78, 5) is 24.2. The van der Waals surface area contributed by atoms with Crippen LogP contribution in [0.25, 0.3) is 0 Å². The van der Waals surface area contributed by atoms with Crippen molar-refractivity contribution in [3.05, 3.63) is 55.9 Å². The van der Waals surface area contributed by atoms with E-state index in [1.165, 1.54) is 0 Å². The van der Waals surface area contributed by atoms with Crippen molar-refractivity contribution in [2.45, 2.75) is 39.2 Å². The molecule has 0 saturated heterocycles. The first-order chi connectivity index (χ1) is 14.0. The van der Waals surface area contributed by atoms with Gasteiger partial charge >= 0.3 is 0 Å². The van der Waals surface area contributed by atoms with E-state index in [4.69, 9.17) is 21.1 Å². The molecule has 2 aromatic rings. The average molecular weight is 563 g/mol. The number of amides is 2. The molecule has 0 fully saturated rings. The molecule has 0 bridgehead atoms. The second kappa shape index (κ2) is 10.5. The molecule has 0 aliphatic carbocycles. The van der Waals surface area contributed by atoms with Crippen LogP contribution in [0.4, 0.5) is 0 Å². The number of rotatable bonds is 6. The Labute approximate surface area is 197 Å². The smallest absolute Gasteiger partial charge is 0.279 e. The first-order valence-corrected chi connectivity index (χ1v) is 11.1. The van der Waals surface area contributed by atoms with Crippen LogP contribution >= 0.6 is 43.5 Å². The molecule has 0 radical (unpaired) electrons. The SMILES string of the molecule is CC(Oc1ccc(Cl)cc1Br)C(=O)NNC(=O)COc1ccc(C(C)(C)C)cc1Br. The van der Waals surface area contributed by atoms with Gasteiger partial charge in [-0.25, -0.2) is 0 Å². The molecule has 0 spiro atoms. The molecule has 30 heavy (non-hydrogen) atoms. The maximum absolute atomic E-state index is 12.1. The van der Waals surface area contributed by atoms with Gasteiger partial charge in [-0.3, -0.25) is 20.4 Å². The molecule has 2 amide bonds. The van der Waals surface area contributed by atoms with E-state index in [-0.39, 0.29) is 12.0 Å². The van der Waals surface area contributed by atoms with E-state index in [1.54, 1.807) is 31.2 Å². The maximum Gasteiger partial charge on any atom is 0.279 e. The lowest BCUT2D eigenvalue weighted by molar-refractivity contribution is -0.133.